The van der Waals surface area contributed by atoms with Crippen LogP contribution in [-0.2, 0) is 14.4 Å². The highest BCUT2D eigenvalue weighted by atomic mass is 32.1. The fraction of sp³-hybridized carbons (Fsp3) is 0.429. The van der Waals surface area contributed by atoms with E-state index in [1.54, 1.807) is 29.2 Å². The summed E-state index contributed by atoms with van der Waals surface area (Å²) in [6.07, 6.45) is 2.10. The van der Waals surface area contributed by atoms with Crippen LogP contribution in [0, 0.1) is 11.7 Å². The normalized spacial score (nSPS) is 18.5. The Morgan fingerprint density at radius 2 is 1.74 bits per heavy atom. The van der Waals surface area contributed by atoms with Gasteiger partial charge in [0.25, 0.3) is 5.91 Å². The molecular formula is C28H34FN5O4S. The van der Waals surface area contributed by atoms with E-state index in [0.29, 0.717) is 36.7 Å². The quantitative estimate of drug-likeness (QED) is 0.410. The second-order valence-corrected chi connectivity index (χ2v) is 10.1. The summed E-state index contributed by atoms with van der Waals surface area (Å²) >= 11 is 5.69. The van der Waals surface area contributed by atoms with Crippen molar-refractivity contribution < 1.29 is 23.5 Å². The van der Waals surface area contributed by atoms with Gasteiger partial charge < -0.3 is 25.6 Å². The number of ether oxygens (including phenoxy) is 1. The van der Waals surface area contributed by atoms with Gasteiger partial charge in [-0.1, -0.05) is 0 Å². The van der Waals surface area contributed by atoms with Gasteiger partial charge in [-0.2, -0.15) is 0 Å². The van der Waals surface area contributed by atoms with Gasteiger partial charge in [-0.25, -0.2) is 4.39 Å². The number of rotatable bonds is 11. The van der Waals surface area contributed by atoms with Gasteiger partial charge in [-0.3, -0.25) is 19.3 Å². The lowest BCUT2D eigenvalue weighted by molar-refractivity contribution is -0.124. The molecule has 39 heavy (non-hydrogen) atoms. The molecule has 208 valence electrons. The fourth-order valence-corrected chi connectivity index (χ4v) is 5.42. The molecule has 2 fully saturated rings. The van der Waals surface area contributed by atoms with E-state index in [9.17, 15) is 18.8 Å². The van der Waals surface area contributed by atoms with E-state index in [0.717, 1.165) is 32.5 Å². The number of primary amides is 1. The van der Waals surface area contributed by atoms with Crippen LogP contribution >= 0.6 is 12.2 Å². The maximum atomic E-state index is 13.5. The number of benzene rings is 2. The number of anilines is 2. The number of nitrogens with two attached hydrogens (primary N) is 1. The lowest BCUT2D eigenvalue weighted by Gasteiger charge is -2.31. The molecule has 2 heterocycles. The zero-order valence-electron chi connectivity index (χ0n) is 22.0. The summed E-state index contributed by atoms with van der Waals surface area (Å²) in [4.78, 5) is 43.4. The number of carbonyl (C=O) groups is 3. The minimum absolute atomic E-state index is 0.0763. The first kappa shape index (κ1) is 28.4. The number of thiocarbonyl (C=S) groups is 1. The molecule has 0 bridgehead atoms. The molecular weight excluding hydrogens is 521 g/mol. The molecule has 3 N–H and O–H groups in total. The van der Waals surface area contributed by atoms with Crippen LogP contribution < -0.4 is 20.7 Å². The highest BCUT2D eigenvalue weighted by molar-refractivity contribution is 7.80. The number of amides is 3. The molecule has 0 saturated carbocycles. The number of nitrogens with zero attached hydrogens (tertiary/aromatic N) is 3. The van der Waals surface area contributed by atoms with Crippen molar-refractivity contribution >= 4 is 46.4 Å². The summed E-state index contributed by atoms with van der Waals surface area (Å²) in [5, 5.41) is 3.14. The van der Waals surface area contributed by atoms with Crippen LogP contribution in [0.1, 0.15) is 32.6 Å². The van der Waals surface area contributed by atoms with Gasteiger partial charge in [0.2, 0.25) is 11.8 Å². The van der Waals surface area contributed by atoms with Crippen LogP contribution in [0.4, 0.5) is 15.8 Å². The van der Waals surface area contributed by atoms with E-state index in [1.165, 1.54) is 29.2 Å². The van der Waals surface area contributed by atoms with Crippen molar-refractivity contribution in [3.8, 4) is 5.75 Å². The number of carbonyl (C=O) groups excluding carboxylic acids is 3. The summed E-state index contributed by atoms with van der Waals surface area (Å²) < 4.78 is 19.0. The third kappa shape index (κ3) is 7.10. The molecule has 0 radical (unpaired) electrons. The van der Waals surface area contributed by atoms with Crippen LogP contribution in [-0.4, -0.2) is 71.5 Å². The van der Waals surface area contributed by atoms with Crippen molar-refractivity contribution in [3.63, 3.8) is 0 Å². The Morgan fingerprint density at radius 1 is 1.08 bits per heavy atom. The van der Waals surface area contributed by atoms with Gasteiger partial charge in [0.1, 0.15) is 17.6 Å². The van der Waals surface area contributed by atoms with E-state index >= 15 is 0 Å². The summed E-state index contributed by atoms with van der Waals surface area (Å²) in [5.41, 5.74) is 6.49. The Balaban J connectivity index is 1.42. The SMILES string of the molecule is CCOc1ccc(NC(=O)C[C@@H]2C(=O)N(c3ccc(F)cc3)C(=S)N2CCCN2CCC(C(N)=O)CC2)cc1. The Morgan fingerprint density at radius 3 is 2.36 bits per heavy atom. The first-order valence-electron chi connectivity index (χ1n) is 13.2. The molecule has 1 atom stereocenters. The van der Waals surface area contributed by atoms with E-state index < -0.39 is 11.9 Å². The predicted molar refractivity (Wildman–Crippen MR) is 151 cm³/mol. The largest absolute Gasteiger partial charge is 0.494 e. The molecule has 2 saturated heterocycles. The first-order chi connectivity index (χ1) is 18.8. The Hall–Kier alpha value is -3.57. The van der Waals surface area contributed by atoms with Crippen LogP contribution in [0.2, 0.25) is 0 Å². The topological polar surface area (TPSA) is 108 Å². The lowest BCUT2D eigenvalue weighted by atomic mass is 9.96. The highest BCUT2D eigenvalue weighted by Crippen LogP contribution is 2.28. The summed E-state index contributed by atoms with van der Waals surface area (Å²) in [6, 6.07) is 11.8. The molecule has 0 aromatic heterocycles. The molecule has 0 unspecified atom stereocenters. The van der Waals surface area contributed by atoms with Crippen molar-refractivity contribution in [2.45, 2.75) is 38.6 Å². The smallest absolute Gasteiger partial charge is 0.256 e. The number of likely N-dealkylation sites (tertiary alicyclic amines) is 1. The number of nitrogens with one attached hydrogen (secondary N) is 1. The Kier molecular flexibility index (Phi) is 9.47. The average molecular weight is 556 g/mol. The van der Waals surface area contributed by atoms with Gasteiger partial charge in [0.05, 0.1) is 18.7 Å². The highest BCUT2D eigenvalue weighted by Gasteiger charge is 2.44. The third-order valence-corrected chi connectivity index (χ3v) is 7.51. The van der Waals surface area contributed by atoms with Crippen molar-refractivity contribution in [2.75, 3.05) is 43.0 Å². The average Bonchev–Trinajstić information content (AvgIpc) is 3.14. The number of piperidine rings is 1. The van der Waals surface area contributed by atoms with Gasteiger partial charge in [0.15, 0.2) is 5.11 Å². The van der Waals surface area contributed by atoms with Crippen LogP contribution in [0.15, 0.2) is 48.5 Å². The monoisotopic (exact) mass is 555 g/mol. The second kappa shape index (κ2) is 13.0. The third-order valence-electron chi connectivity index (χ3n) is 7.09. The standard InChI is InChI=1S/C28H34FN5O4S/c1-2-38-23-10-6-21(7-11-23)31-25(35)18-24-27(37)34(22-8-4-20(29)5-9-22)28(39)33(24)15-3-14-32-16-12-19(13-17-32)26(30)36/h4-11,19,24H,2-3,12-18H2,1H3,(H2,30,36)(H,31,35)/t24-/m1/s1. The lowest BCUT2D eigenvalue weighted by Crippen LogP contribution is -2.41. The molecule has 2 aromatic carbocycles. The maximum Gasteiger partial charge on any atom is 0.256 e. The molecule has 2 aliphatic rings. The van der Waals surface area contributed by atoms with E-state index in [2.05, 4.69) is 10.2 Å². The Labute approximate surface area is 233 Å². The number of hydrogen-bond acceptors (Lipinski definition) is 6. The minimum atomic E-state index is -0.786. The number of halogens is 1. The Bertz CT molecular complexity index is 1190. The van der Waals surface area contributed by atoms with Gasteiger partial charge in [-0.15, -0.1) is 0 Å². The van der Waals surface area contributed by atoms with Crippen molar-refractivity contribution in [3.05, 3.63) is 54.3 Å². The molecule has 0 spiro atoms. The van der Waals surface area contributed by atoms with Crippen molar-refractivity contribution in [1.82, 2.24) is 9.80 Å². The summed E-state index contributed by atoms with van der Waals surface area (Å²) in [5.74, 6) is -0.683. The molecule has 3 amide bonds. The van der Waals surface area contributed by atoms with E-state index in [1.807, 2.05) is 6.92 Å². The number of hydrogen-bond donors (Lipinski definition) is 2. The van der Waals surface area contributed by atoms with E-state index in [4.69, 9.17) is 22.7 Å². The summed E-state index contributed by atoms with van der Waals surface area (Å²) in [7, 11) is 0. The molecule has 0 aliphatic carbocycles. The van der Waals surface area contributed by atoms with Crippen LogP contribution in [0.25, 0.3) is 0 Å². The zero-order valence-corrected chi connectivity index (χ0v) is 22.8. The fourth-order valence-electron chi connectivity index (χ4n) is 5.01. The van der Waals surface area contributed by atoms with Gasteiger partial charge in [-0.05, 0) is 107 Å². The first-order valence-corrected chi connectivity index (χ1v) is 13.6. The maximum absolute atomic E-state index is 13.5. The van der Waals surface area contributed by atoms with Gasteiger partial charge >= 0.3 is 0 Å². The van der Waals surface area contributed by atoms with Crippen molar-refractivity contribution in [2.24, 2.45) is 11.7 Å². The van der Waals surface area contributed by atoms with Gasteiger partial charge in [0, 0.05) is 18.2 Å². The second-order valence-electron chi connectivity index (χ2n) is 9.72. The molecule has 11 heteroatoms. The van der Waals surface area contributed by atoms with Crippen LogP contribution in [0.5, 0.6) is 5.75 Å². The molecule has 9 nitrogen and oxygen atoms in total. The van der Waals surface area contributed by atoms with E-state index in [-0.39, 0.29) is 35.2 Å². The predicted octanol–water partition coefficient (Wildman–Crippen LogP) is 3.14. The minimum Gasteiger partial charge on any atom is -0.494 e. The molecule has 2 aromatic rings. The molecule has 2 aliphatic heterocycles. The van der Waals surface area contributed by atoms with Crippen LogP contribution in [0.3, 0.4) is 0 Å². The summed E-state index contributed by atoms with van der Waals surface area (Å²) in [6.45, 7) is 5.24. The zero-order chi connectivity index (χ0) is 27.9. The molecule has 4 rings (SSSR count). The van der Waals surface area contributed by atoms with Crippen molar-refractivity contribution in [1.29, 1.82) is 0 Å².